The first kappa shape index (κ1) is 30.7. The molecule has 1 saturated heterocycles. The maximum Gasteiger partial charge on any atom is 0.410 e. The van der Waals surface area contributed by atoms with Crippen LogP contribution in [-0.2, 0) is 16.0 Å². The smallest absolute Gasteiger partial charge is 0.410 e. The quantitative estimate of drug-likeness (QED) is 0.216. The van der Waals surface area contributed by atoms with Crippen molar-refractivity contribution in [2.24, 2.45) is 0 Å². The molecule has 0 atom stereocenters. The molecule has 234 valence electrons. The molecule has 3 aromatic heterocycles. The molecule has 6 rings (SSSR count). The summed E-state index contributed by atoms with van der Waals surface area (Å²) >= 11 is 3.52. The lowest BCUT2D eigenvalue weighted by molar-refractivity contribution is -0.0836. The monoisotopic (exact) mass is 674 g/mol. The second-order valence-corrected chi connectivity index (χ2v) is 13.2. The van der Waals surface area contributed by atoms with Gasteiger partial charge in [0, 0.05) is 42.5 Å². The zero-order valence-corrected chi connectivity index (χ0v) is 27.3. The molecule has 1 aliphatic rings. The van der Waals surface area contributed by atoms with E-state index in [1.807, 2.05) is 67.6 Å². The fourth-order valence-electron chi connectivity index (χ4n) is 5.44. The van der Waals surface area contributed by atoms with Crippen LogP contribution >= 0.6 is 15.9 Å². The van der Waals surface area contributed by atoms with Crippen molar-refractivity contribution in [3.05, 3.63) is 87.5 Å². The van der Waals surface area contributed by atoms with Gasteiger partial charge in [-0.3, -0.25) is 13.8 Å². The number of benzene rings is 2. The van der Waals surface area contributed by atoms with Gasteiger partial charge in [-0.1, -0.05) is 34.1 Å². The number of nitrogens with zero attached hydrogens (tertiary/aromatic N) is 6. The summed E-state index contributed by atoms with van der Waals surface area (Å²) in [5.74, 6) is 1.64. The number of carbonyl (C=O) groups excluding carboxylic acids is 1. The maximum absolute atomic E-state index is 12.9. The first-order valence-electron chi connectivity index (χ1n) is 14.8. The summed E-state index contributed by atoms with van der Waals surface area (Å²) in [5, 5.41) is 0. The number of fused-ring (bicyclic) bond motifs is 3. The van der Waals surface area contributed by atoms with Crippen LogP contribution in [0.25, 0.3) is 28.2 Å². The van der Waals surface area contributed by atoms with Gasteiger partial charge in [0.05, 0.1) is 30.0 Å². The fraction of sp³-hybridized carbons (Fsp3) is 0.364. The summed E-state index contributed by atoms with van der Waals surface area (Å²) in [7, 11) is 1.67. The Hall–Kier alpha value is -4.29. The molecule has 12 heteroatoms. The Bertz CT molecular complexity index is 1910. The number of hydrogen-bond acceptors (Lipinski definition) is 8. The van der Waals surface area contributed by atoms with E-state index in [4.69, 9.17) is 19.2 Å². The first-order valence-corrected chi connectivity index (χ1v) is 15.6. The van der Waals surface area contributed by atoms with Gasteiger partial charge >= 0.3 is 6.09 Å². The largest absolute Gasteiger partial charge is 0.487 e. The molecule has 0 spiro atoms. The Balaban J connectivity index is 1.13. The summed E-state index contributed by atoms with van der Waals surface area (Å²) in [6.07, 6.45) is 5.98. The van der Waals surface area contributed by atoms with Crippen molar-refractivity contribution in [1.82, 2.24) is 28.8 Å². The van der Waals surface area contributed by atoms with E-state index in [1.54, 1.807) is 41.2 Å². The zero-order valence-electron chi connectivity index (χ0n) is 25.7. The predicted molar refractivity (Wildman–Crippen MR) is 174 cm³/mol. The molecule has 1 amide bonds. The maximum atomic E-state index is 12.9. The molecule has 0 N–H and O–H groups in total. The number of rotatable bonds is 7. The van der Waals surface area contributed by atoms with E-state index < -0.39 is 11.2 Å². The van der Waals surface area contributed by atoms with Crippen LogP contribution in [0.5, 0.6) is 5.75 Å². The number of amides is 1. The van der Waals surface area contributed by atoms with Crippen molar-refractivity contribution in [3.8, 4) is 17.1 Å². The number of imidazole rings is 1. The van der Waals surface area contributed by atoms with E-state index >= 15 is 0 Å². The number of halogens is 1. The number of methoxy groups -OCH3 is 1. The van der Waals surface area contributed by atoms with Crippen LogP contribution in [0.15, 0.2) is 76.4 Å². The minimum Gasteiger partial charge on any atom is -0.487 e. The van der Waals surface area contributed by atoms with Gasteiger partial charge in [-0.25, -0.2) is 19.7 Å². The number of likely N-dealkylation sites (tertiary alicyclic amines) is 1. The van der Waals surface area contributed by atoms with E-state index in [0.717, 1.165) is 26.6 Å². The molecule has 2 aromatic carbocycles. The van der Waals surface area contributed by atoms with Gasteiger partial charge < -0.3 is 19.1 Å². The minimum atomic E-state index is -0.536. The molecule has 11 nitrogen and oxygen atoms in total. The Morgan fingerprint density at radius 1 is 1.04 bits per heavy atom. The van der Waals surface area contributed by atoms with E-state index in [2.05, 4.69) is 25.9 Å². The fourth-order valence-corrected chi connectivity index (χ4v) is 5.79. The van der Waals surface area contributed by atoms with Crippen LogP contribution in [0.1, 0.15) is 39.2 Å². The van der Waals surface area contributed by atoms with Gasteiger partial charge in [-0.15, -0.1) is 0 Å². The minimum absolute atomic E-state index is 0.135. The van der Waals surface area contributed by atoms with Crippen LogP contribution in [0.3, 0.4) is 0 Å². The molecule has 0 aliphatic carbocycles. The Kier molecular flexibility index (Phi) is 8.36. The molecule has 5 aromatic rings. The molecule has 0 unspecified atom stereocenters. The Labute approximate surface area is 268 Å². The van der Waals surface area contributed by atoms with Crippen LogP contribution < -0.4 is 10.3 Å². The van der Waals surface area contributed by atoms with Gasteiger partial charge in [0.15, 0.2) is 11.6 Å². The molecular formula is C33H35BrN6O5. The van der Waals surface area contributed by atoms with E-state index in [0.29, 0.717) is 56.4 Å². The van der Waals surface area contributed by atoms with Crippen LogP contribution in [0.4, 0.5) is 4.79 Å². The molecular weight excluding hydrogens is 640 g/mol. The third kappa shape index (κ3) is 6.71. The highest BCUT2D eigenvalue weighted by atomic mass is 79.9. The highest BCUT2D eigenvalue weighted by Gasteiger charge is 2.38. The lowest BCUT2D eigenvalue weighted by atomic mass is 9.92. The summed E-state index contributed by atoms with van der Waals surface area (Å²) in [4.78, 5) is 40.9. The molecule has 1 fully saturated rings. The van der Waals surface area contributed by atoms with Crippen LogP contribution in [0, 0.1) is 0 Å². The topological polar surface area (TPSA) is 113 Å². The molecule has 4 heterocycles. The number of hydrogen-bond donors (Lipinski definition) is 0. The van der Waals surface area contributed by atoms with Crippen molar-refractivity contribution in [2.45, 2.75) is 51.4 Å². The number of ether oxygens (including phenoxy) is 3. The van der Waals surface area contributed by atoms with Crippen molar-refractivity contribution < 1.29 is 19.0 Å². The average molecular weight is 676 g/mol. The molecule has 0 bridgehead atoms. The van der Waals surface area contributed by atoms with Gasteiger partial charge in [0.25, 0.3) is 5.56 Å². The Morgan fingerprint density at radius 3 is 2.51 bits per heavy atom. The van der Waals surface area contributed by atoms with Crippen molar-refractivity contribution in [1.29, 1.82) is 0 Å². The summed E-state index contributed by atoms with van der Waals surface area (Å²) in [6, 6.07) is 15.2. The van der Waals surface area contributed by atoms with E-state index in [-0.39, 0.29) is 11.7 Å². The first-order chi connectivity index (χ1) is 21.5. The predicted octanol–water partition coefficient (Wildman–Crippen LogP) is 5.71. The highest BCUT2D eigenvalue weighted by Crippen LogP contribution is 2.28. The van der Waals surface area contributed by atoms with Crippen molar-refractivity contribution in [3.63, 3.8) is 0 Å². The second kappa shape index (κ2) is 12.2. The van der Waals surface area contributed by atoms with Crippen molar-refractivity contribution >= 4 is 38.8 Å². The summed E-state index contributed by atoms with van der Waals surface area (Å²) in [6.45, 7) is 7.27. The third-order valence-corrected chi connectivity index (χ3v) is 8.42. The SMILES string of the molecule is COC1(COc2cnc(-c3cccc(Cn4c(=O)ccn5c6cc(Br)ccc6nc45)c3)nc2)CCN(C(=O)OC(C)(C)C)CC1. The summed E-state index contributed by atoms with van der Waals surface area (Å²) in [5.41, 5.74) is 2.27. The van der Waals surface area contributed by atoms with Gasteiger partial charge in [-0.2, -0.15) is 0 Å². The summed E-state index contributed by atoms with van der Waals surface area (Å²) < 4.78 is 22.0. The second-order valence-electron chi connectivity index (χ2n) is 12.2. The van der Waals surface area contributed by atoms with Gasteiger partial charge in [0.1, 0.15) is 17.8 Å². The lowest BCUT2D eigenvalue weighted by Gasteiger charge is -2.40. The zero-order chi connectivity index (χ0) is 31.8. The molecule has 45 heavy (non-hydrogen) atoms. The van der Waals surface area contributed by atoms with Crippen molar-refractivity contribution in [2.75, 3.05) is 26.8 Å². The molecule has 0 radical (unpaired) electrons. The number of carbonyl (C=O) groups is 1. The average Bonchev–Trinajstić information content (AvgIpc) is 3.39. The normalized spacial score (nSPS) is 15.0. The van der Waals surface area contributed by atoms with Gasteiger partial charge in [-0.05, 0) is 63.4 Å². The highest BCUT2D eigenvalue weighted by molar-refractivity contribution is 9.10. The number of aromatic nitrogens is 5. The molecule has 1 aliphatic heterocycles. The Morgan fingerprint density at radius 2 is 1.80 bits per heavy atom. The van der Waals surface area contributed by atoms with E-state index in [9.17, 15) is 9.59 Å². The van der Waals surface area contributed by atoms with Crippen LogP contribution in [-0.4, -0.2) is 72.9 Å². The lowest BCUT2D eigenvalue weighted by Crippen LogP contribution is -2.51. The van der Waals surface area contributed by atoms with Gasteiger partial charge in [0.2, 0.25) is 5.78 Å². The molecule has 0 saturated carbocycles. The third-order valence-electron chi connectivity index (χ3n) is 7.92. The van der Waals surface area contributed by atoms with Crippen LogP contribution in [0.2, 0.25) is 0 Å². The number of piperidine rings is 1. The standard InChI is InChI=1S/C33H35BrN6O5/c1-32(2,3)45-31(42)38-14-11-33(43-4,12-15-38)21-44-25-18-35-29(36-19-25)23-7-5-6-22(16-23)20-40-28(41)10-13-39-27-17-24(34)8-9-26(27)37-30(39)40/h5-10,13,16-19H,11-12,14-15,20-21H2,1-4H3. The van der Waals surface area contributed by atoms with E-state index in [1.165, 1.54) is 0 Å².